The number of hydrogen-bond donors (Lipinski definition) is 1. The molecule has 0 aromatic carbocycles. The van der Waals surface area contributed by atoms with Crippen LogP contribution in [0.4, 0.5) is 0 Å². The summed E-state index contributed by atoms with van der Waals surface area (Å²) in [6.07, 6.45) is 5.22. The minimum Gasteiger partial charge on any atom is -0.369 e. The highest BCUT2D eigenvalue weighted by Crippen LogP contribution is 2.23. The summed E-state index contributed by atoms with van der Waals surface area (Å²) in [6, 6.07) is 0.455. The molecule has 0 atom stereocenters. The van der Waals surface area contributed by atoms with Gasteiger partial charge < -0.3 is 5.73 Å². The van der Waals surface area contributed by atoms with Gasteiger partial charge in [0.1, 0.15) is 5.78 Å². The van der Waals surface area contributed by atoms with Crippen LogP contribution < -0.4 is 5.73 Å². The normalized spacial score (nSPS) is 17.2. The summed E-state index contributed by atoms with van der Waals surface area (Å²) >= 11 is 0. The highest BCUT2D eigenvalue weighted by Gasteiger charge is 2.23. The van der Waals surface area contributed by atoms with E-state index >= 15 is 0 Å². The van der Waals surface area contributed by atoms with Crippen LogP contribution >= 0.6 is 0 Å². The SMILES string of the molecule is CC(=O)CCN(CC(N)=O)C1CCCC1. The highest BCUT2D eigenvalue weighted by atomic mass is 16.1. The van der Waals surface area contributed by atoms with Gasteiger partial charge in [-0.1, -0.05) is 12.8 Å². The number of hydrogen-bond acceptors (Lipinski definition) is 3. The molecule has 0 aromatic heterocycles. The Morgan fingerprint density at radius 1 is 1.33 bits per heavy atom. The van der Waals surface area contributed by atoms with Crippen LogP contribution in [0.5, 0.6) is 0 Å². The van der Waals surface area contributed by atoms with Crippen LogP contribution in [0.2, 0.25) is 0 Å². The number of carbonyl (C=O) groups excluding carboxylic acids is 2. The van der Waals surface area contributed by atoms with Crippen molar-refractivity contribution >= 4 is 11.7 Å². The molecule has 4 nitrogen and oxygen atoms in total. The van der Waals surface area contributed by atoms with Crippen molar-refractivity contribution in [3.8, 4) is 0 Å². The molecule has 1 amide bonds. The minimum absolute atomic E-state index is 0.169. The number of nitrogens with two attached hydrogens (primary N) is 1. The Labute approximate surface area is 90.8 Å². The van der Waals surface area contributed by atoms with E-state index in [9.17, 15) is 9.59 Å². The molecule has 1 fully saturated rings. The molecule has 0 unspecified atom stereocenters. The summed E-state index contributed by atoms with van der Waals surface area (Å²) in [5.74, 6) is -0.132. The maximum Gasteiger partial charge on any atom is 0.231 e. The minimum atomic E-state index is -0.301. The van der Waals surface area contributed by atoms with Gasteiger partial charge in [-0.25, -0.2) is 0 Å². The molecule has 4 heteroatoms. The lowest BCUT2D eigenvalue weighted by Crippen LogP contribution is -2.41. The Kier molecular flexibility index (Phi) is 4.75. The Bertz CT molecular complexity index is 235. The quantitative estimate of drug-likeness (QED) is 0.704. The van der Waals surface area contributed by atoms with Gasteiger partial charge in [0.05, 0.1) is 6.54 Å². The van der Waals surface area contributed by atoms with Gasteiger partial charge in [0.25, 0.3) is 0 Å². The topological polar surface area (TPSA) is 63.4 Å². The van der Waals surface area contributed by atoms with Gasteiger partial charge in [0.15, 0.2) is 0 Å². The zero-order chi connectivity index (χ0) is 11.3. The van der Waals surface area contributed by atoms with Crippen molar-refractivity contribution in [2.24, 2.45) is 5.73 Å². The van der Waals surface area contributed by atoms with E-state index < -0.39 is 0 Å². The molecule has 15 heavy (non-hydrogen) atoms. The van der Waals surface area contributed by atoms with Crippen molar-refractivity contribution in [1.29, 1.82) is 0 Å². The lowest BCUT2D eigenvalue weighted by Gasteiger charge is -2.26. The monoisotopic (exact) mass is 212 g/mol. The van der Waals surface area contributed by atoms with E-state index in [1.165, 1.54) is 12.8 Å². The second-order valence-corrected chi connectivity index (χ2v) is 4.33. The van der Waals surface area contributed by atoms with Crippen molar-refractivity contribution in [2.45, 2.75) is 45.1 Å². The third-order valence-electron chi connectivity index (χ3n) is 2.95. The first-order chi connectivity index (χ1) is 7.09. The fraction of sp³-hybridized carbons (Fsp3) is 0.818. The molecule has 0 spiro atoms. The number of carbonyl (C=O) groups is 2. The molecular weight excluding hydrogens is 192 g/mol. The van der Waals surface area contributed by atoms with Gasteiger partial charge in [-0.15, -0.1) is 0 Å². The molecule has 0 aromatic rings. The van der Waals surface area contributed by atoms with Crippen LogP contribution in [0.1, 0.15) is 39.0 Å². The summed E-state index contributed by atoms with van der Waals surface area (Å²) in [6.45, 7) is 2.54. The summed E-state index contributed by atoms with van der Waals surface area (Å²) in [4.78, 5) is 23.9. The van der Waals surface area contributed by atoms with Crippen LogP contribution in [0.3, 0.4) is 0 Å². The number of ketones is 1. The van der Waals surface area contributed by atoms with Crippen LogP contribution in [0, 0.1) is 0 Å². The zero-order valence-electron chi connectivity index (χ0n) is 9.37. The van der Waals surface area contributed by atoms with Crippen molar-refractivity contribution in [1.82, 2.24) is 4.90 Å². The van der Waals surface area contributed by atoms with Crippen molar-refractivity contribution < 1.29 is 9.59 Å². The molecule has 1 aliphatic rings. The van der Waals surface area contributed by atoms with Gasteiger partial charge >= 0.3 is 0 Å². The van der Waals surface area contributed by atoms with E-state index in [0.717, 1.165) is 12.8 Å². The summed E-state index contributed by atoms with van der Waals surface area (Å²) in [5.41, 5.74) is 5.20. The molecular formula is C11H20N2O2. The molecule has 1 rings (SSSR count). The first-order valence-corrected chi connectivity index (χ1v) is 5.61. The van der Waals surface area contributed by atoms with Crippen LogP contribution in [0.25, 0.3) is 0 Å². The molecule has 86 valence electrons. The fourth-order valence-electron chi connectivity index (χ4n) is 2.16. The Morgan fingerprint density at radius 2 is 1.93 bits per heavy atom. The van der Waals surface area contributed by atoms with E-state index in [1.807, 2.05) is 0 Å². The third kappa shape index (κ3) is 4.42. The first-order valence-electron chi connectivity index (χ1n) is 5.61. The van der Waals surface area contributed by atoms with E-state index in [0.29, 0.717) is 19.0 Å². The Hall–Kier alpha value is -0.900. The van der Waals surface area contributed by atoms with Gasteiger partial charge in [-0.2, -0.15) is 0 Å². The third-order valence-corrected chi connectivity index (χ3v) is 2.95. The standard InChI is InChI=1S/C11H20N2O2/c1-9(14)6-7-13(8-11(12)15)10-4-2-3-5-10/h10H,2-8H2,1H3,(H2,12,15). The molecule has 0 heterocycles. The lowest BCUT2D eigenvalue weighted by molar-refractivity contribution is -0.121. The van der Waals surface area contributed by atoms with Gasteiger partial charge in [0.2, 0.25) is 5.91 Å². The van der Waals surface area contributed by atoms with Crippen molar-refractivity contribution in [2.75, 3.05) is 13.1 Å². The molecule has 1 saturated carbocycles. The van der Waals surface area contributed by atoms with E-state index in [-0.39, 0.29) is 18.2 Å². The maximum atomic E-state index is 10.9. The molecule has 0 aliphatic heterocycles. The molecule has 0 bridgehead atoms. The van der Waals surface area contributed by atoms with Crippen molar-refractivity contribution in [3.63, 3.8) is 0 Å². The second-order valence-electron chi connectivity index (χ2n) is 4.33. The Balaban J connectivity index is 2.43. The maximum absolute atomic E-state index is 10.9. The molecule has 0 radical (unpaired) electrons. The Morgan fingerprint density at radius 3 is 2.40 bits per heavy atom. The predicted molar refractivity (Wildman–Crippen MR) is 58.3 cm³/mol. The summed E-state index contributed by atoms with van der Waals surface area (Å²) in [5, 5.41) is 0. The van der Waals surface area contributed by atoms with Gasteiger partial charge in [-0.3, -0.25) is 14.5 Å². The average molecular weight is 212 g/mol. The first kappa shape index (κ1) is 12.2. The molecule has 0 saturated heterocycles. The summed E-state index contributed by atoms with van der Waals surface area (Å²) in [7, 11) is 0. The number of Topliss-reactive ketones (excluding diaryl/α,β-unsaturated/α-hetero) is 1. The average Bonchev–Trinajstić information content (AvgIpc) is 2.63. The summed E-state index contributed by atoms with van der Waals surface area (Å²) < 4.78 is 0. The van der Waals surface area contributed by atoms with Gasteiger partial charge in [0, 0.05) is 19.0 Å². The smallest absolute Gasteiger partial charge is 0.231 e. The zero-order valence-corrected chi connectivity index (χ0v) is 9.37. The molecule has 1 aliphatic carbocycles. The van der Waals surface area contributed by atoms with Crippen LogP contribution in [0.15, 0.2) is 0 Å². The van der Waals surface area contributed by atoms with Gasteiger partial charge in [-0.05, 0) is 19.8 Å². The van der Waals surface area contributed by atoms with Crippen molar-refractivity contribution in [3.05, 3.63) is 0 Å². The van der Waals surface area contributed by atoms with E-state index in [4.69, 9.17) is 5.73 Å². The lowest BCUT2D eigenvalue weighted by atomic mass is 10.2. The van der Waals surface area contributed by atoms with Crippen LogP contribution in [-0.4, -0.2) is 35.7 Å². The number of amides is 1. The predicted octanol–water partition coefficient (Wildman–Crippen LogP) is 0.695. The second kappa shape index (κ2) is 5.85. The van der Waals surface area contributed by atoms with E-state index in [1.54, 1.807) is 6.92 Å². The number of nitrogens with zero attached hydrogens (tertiary/aromatic N) is 1. The molecule has 2 N–H and O–H groups in total. The highest BCUT2D eigenvalue weighted by molar-refractivity contribution is 5.77. The van der Waals surface area contributed by atoms with Crippen LogP contribution in [-0.2, 0) is 9.59 Å². The largest absolute Gasteiger partial charge is 0.369 e. The van der Waals surface area contributed by atoms with E-state index in [2.05, 4.69) is 4.90 Å². The number of primary amides is 1. The fourth-order valence-corrected chi connectivity index (χ4v) is 2.16. The number of rotatable bonds is 6.